The van der Waals surface area contributed by atoms with Crippen molar-refractivity contribution in [3.63, 3.8) is 0 Å². The molecule has 16 heteroatoms. The summed E-state index contributed by atoms with van der Waals surface area (Å²) >= 11 is 12.1. The Balaban J connectivity index is 1.71. The molecule has 248 valence electrons. The number of ketones is 1. The summed E-state index contributed by atoms with van der Waals surface area (Å²) in [6, 6.07) is 2.90. The Morgan fingerprint density at radius 1 is 1.00 bits per heavy atom. The highest BCUT2D eigenvalue weighted by atomic mass is 35.5. The molecule has 0 N–H and O–H groups in total. The zero-order chi connectivity index (χ0) is 33.9. The maximum Gasteiger partial charge on any atom is 0.433 e. The number of nitrogens with zero attached hydrogens (tertiary/aromatic N) is 3. The van der Waals surface area contributed by atoms with E-state index < -0.39 is 99.4 Å². The van der Waals surface area contributed by atoms with Crippen LogP contribution in [0.2, 0.25) is 10.0 Å². The van der Waals surface area contributed by atoms with Gasteiger partial charge in [-0.15, -0.1) is 0 Å². The van der Waals surface area contributed by atoms with Crippen molar-refractivity contribution in [1.82, 2.24) is 14.7 Å². The minimum atomic E-state index is -5.11. The molecule has 1 saturated carbocycles. The van der Waals surface area contributed by atoms with Gasteiger partial charge in [0, 0.05) is 18.2 Å². The second-order valence-corrected chi connectivity index (χ2v) is 11.4. The number of halogens is 9. The number of esters is 1. The number of hydrogen-bond acceptors (Lipinski definition) is 5. The molecule has 0 atom stereocenters. The maximum absolute atomic E-state index is 14.5. The van der Waals surface area contributed by atoms with Gasteiger partial charge in [0.1, 0.15) is 11.6 Å². The van der Waals surface area contributed by atoms with E-state index in [2.05, 4.69) is 5.10 Å². The molecule has 1 aliphatic carbocycles. The number of ether oxygens (including phenoxy) is 1. The quantitative estimate of drug-likeness (QED) is 0.121. The zero-order valence-electron chi connectivity index (χ0n) is 24.0. The molecule has 2 aromatic carbocycles. The van der Waals surface area contributed by atoms with Crippen molar-refractivity contribution in [3.05, 3.63) is 86.2 Å². The van der Waals surface area contributed by atoms with E-state index in [0.29, 0.717) is 21.8 Å². The summed E-state index contributed by atoms with van der Waals surface area (Å²) in [5.41, 5.74) is -3.66. The number of rotatable bonds is 10. The molecule has 3 aromatic rings. The van der Waals surface area contributed by atoms with Crippen LogP contribution >= 0.6 is 23.2 Å². The van der Waals surface area contributed by atoms with Crippen molar-refractivity contribution in [2.24, 2.45) is 5.92 Å². The van der Waals surface area contributed by atoms with Gasteiger partial charge in [-0.3, -0.25) is 19.1 Å². The van der Waals surface area contributed by atoms with E-state index in [1.165, 1.54) is 0 Å². The average Bonchev–Trinajstić information content (AvgIpc) is 3.42. The van der Waals surface area contributed by atoms with Gasteiger partial charge in [-0.05, 0) is 62.4 Å². The van der Waals surface area contributed by atoms with Crippen LogP contribution in [0, 0.1) is 17.6 Å². The molecule has 1 heterocycles. The van der Waals surface area contributed by atoms with Crippen molar-refractivity contribution in [1.29, 1.82) is 0 Å². The zero-order valence-corrected chi connectivity index (χ0v) is 25.5. The highest BCUT2D eigenvalue weighted by molar-refractivity contribution is 6.40. The molecule has 0 bridgehead atoms. The van der Waals surface area contributed by atoms with Crippen molar-refractivity contribution in [2.75, 3.05) is 13.2 Å². The van der Waals surface area contributed by atoms with Crippen LogP contribution in [0.4, 0.5) is 30.7 Å². The summed E-state index contributed by atoms with van der Waals surface area (Å²) in [5, 5.41) is 2.86. The molecule has 1 aliphatic rings. The third kappa shape index (κ3) is 8.00. The lowest BCUT2D eigenvalue weighted by Gasteiger charge is -2.29. The molecule has 0 aliphatic heterocycles. The van der Waals surface area contributed by atoms with Crippen LogP contribution in [-0.4, -0.2) is 45.5 Å². The van der Waals surface area contributed by atoms with Crippen LogP contribution in [0.15, 0.2) is 36.5 Å². The predicted molar refractivity (Wildman–Crippen MR) is 152 cm³/mol. The Labute approximate surface area is 268 Å². The highest BCUT2D eigenvalue weighted by Gasteiger charge is 2.43. The molecule has 4 rings (SSSR count). The van der Waals surface area contributed by atoms with Gasteiger partial charge < -0.3 is 9.64 Å². The van der Waals surface area contributed by atoms with Crippen LogP contribution in [0.1, 0.15) is 82.6 Å². The molecule has 46 heavy (non-hydrogen) atoms. The Morgan fingerprint density at radius 2 is 1.59 bits per heavy atom. The highest BCUT2D eigenvalue weighted by Crippen LogP contribution is 2.40. The van der Waals surface area contributed by atoms with Crippen molar-refractivity contribution >= 4 is 40.9 Å². The number of carbonyl (C=O) groups excluding carboxylic acids is 3. The fraction of sp³-hybridized carbons (Fsp3) is 0.400. The van der Waals surface area contributed by atoms with Crippen LogP contribution in [0.5, 0.6) is 0 Å². The Kier molecular flexibility index (Phi) is 11.0. The second kappa shape index (κ2) is 14.4. The number of benzene rings is 2. The second-order valence-electron chi connectivity index (χ2n) is 10.6. The molecule has 7 nitrogen and oxygen atoms in total. The molecule has 0 unspecified atom stereocenters. The van der Waals surface area contributed by atoms with Crippen LogP contribution in [-0.2, 0) is 22.3 Å². The van der Waals surface area contributed by atoms with Gasteiger partial charge in [-0.1, -0.05) is 23.2 Å². The summed E-state index contributed by atoms with van der Waals surface area (Å²) in [7, 11) is 0. The van der Waals surface area contributed by atoms with E-state index in [-0.39, 0.29) is 37.9 Å². The van der Waals surface area contributed by atoms with Gasteiger partial charge >= 0.3 is 12.1 Å². The monoisotopic (exact) mass is 695 g/mol. The SMILES string of the molecule is CCOC(=O)[C@H]1CC[C@H](n2ncc(C(=O)N(CC(=O)c3c(Cl)cc(C(F)F)cc3Cl)Cc3cc(F)cc(F)c3)c2C(F)(F)F)CC1. The normalized spacial score (nSPS) is 16.8. The largest absolute Gasteiger partial charge is 0.466 e. The minimum absolute atomic E-state index is 0.123. The van der Waals surface area contributed by atoms with E-state index in [0.717, 1.165) is 24.3 Å². The van der Waals surface area contributed by atoms with E-state index in [4.69, 9.17) is 27.9 Å². The van der Waals surface area contributed by atoms with Crippen LogP contribution < -0.4 is 0 Å². The van der Waals surface area contributed by atoms with Gasteiger partial charge in [0.05, 0.1) is 52.5 Å². The molecule has 0 spiro atoms. The molecule has 1 aromatic heterocycles. The molecule has 0 saturated heterocycles. The van der Waals surface area contributed by atoms with E-state index in [1.54, 1.807) is 6.92 Å². The molecular formula is C30H26Cl2F7N3O4. The van der Waals surface area contributed by atoms with Crippen LogP contribution in [0.3, 0.4) is 0 Å². The van der Waals surface area contributed by atoms with E-state index >= 15 is 0 Å². The lowest BCUT2D eigenvalue weighted by atomic mass is 9.86. The number of hydrogen-bond donors (Lipinski definition) is 0. The van der Waals surface area contributed by atoms with Gasteiger partial charge in [0.15, 0.2) is 11.5 Å². The smallest absolute Gasteiger partial charge is 0.433 e. The predicted octanol–water partition coefficient (Wildman–Crippen LogP) is 8.24. The van der Waals surface area contributed by atoms with Gasteiger partial charge in [0.25, 0.3) is 12.3 Å². The number of carbonyl (C=O) groups is 3. The molecule has 1 amide bonds. The van der Waals surface area contributed by atoms with Crippen molar-refractivity contribution in [2.45, 2.75) is 57.8 Å². The minimum Gasteiger partial charge on any atom is -0.466 e. The first-order valence-corrected chi connectivity index (χ1v) is 14.7. The van der Waals surface area contributed by atoms with E-state index in [1.807, 2.05) is 0 Å². The molecule has 1 fully saturated rings. The lowest BCUT2D eigenvalue weighted by Crippen LogP contribution is -2.37. The first-order chi connectivity index (χ1) is 21.6. The Morgan fingerprint density at radius 3 is 2.11 bits per heavy atom. The average molecular weight is 696 g/mol. The number of amides is 1. The van der Waals surface area contributed by atoms with Crippen molar-refractivity contribution in [3.8, 4) is 0 Å². The number of Topliss-reactive ketones (excluding diaryl/α,β-unsaturated/α-hetero) is 1. The van der Waals surface area contributed by atoms with Gasteiger partial charge in [-0.2, -0.15) is 18.3 Å². The summed E-state index contributed by atoms with van der Waals surface area (Å²) in [6.07, 6.45) is -6.72. The summed E-state index contributed by atoms with van der Waals surface area (Å²) in [4.78, 5) is 39.8. The van der Waals surface area contributed by atoms with Crippen molar-refractivity contribution < 1.29 is 49.9 Å². The fourth-order valence-corrected chi connectivity index (χ4v) is 6.14. The standard InChI is InChI=1S/C30H26Cl2F7N3O4/c1-2-46-29(45)16-3-5-20(6-4-16)42-26(30(37,38)39)21(12-40-42)28(44)41(13-15-7-18(33)11-19(34)8-15)14-24(43)25-22(31)9-17(27(35)36)10-23(25)32/h7-12,16,20,27H,2-6,13-14H2,1H3/t16-,20-. The molecular weight excluding hydrogens is 670 g/mol. The summed E-state index contributed by atoms with van der Waals surface area (Å²) < 4.78 is 104. The Bertz CT molecular complexity index is 1580. The summed E-state index contributed by atoms with van der Waals surface area (Å²) in [5.74, 6) is -5.46. The number of alkyl halides is 5. The first kappa shape index (κ1) is 35.2. The van der Waals surface area contributed by atoms with Gasteiger partial charge in [0.2, 0.25) is 0 Å². The fourth-order valence-electron chi connectivity index (χ4n) is 5.42. The van der Waals surface area contributed by atoms with Crippen LogP contribution in [0.25, 0.3) is 0 Å². The first-order valence-electron chi connectivity index (χ1n) is 14.0. The third-order valence-electron chi connectivity index (χ3n) is 7.47. The van der Waals surface area contributed by atoms with Gasteiger partial charge in [-0.25, -0.2) is 17.6 Å². The Hall–Kier alpha value is -3.65. The lowest BCUT2D eigenvalue weighted by molar-refractivity contribution is -0.151. The summed E-state index contributed by atoms with van der Waals surface area (Å²) in [6.45, 7) is 0.0475. The third-order valence-corrected chi connectivity index (χ3v) is 8.07. The molecule has 0 radical (unpaired) electrons. The topological polar surface area (TPSA) is 81.5 Å². The van der Waals surface area contributed by atoms with E-state index in [9.17, 15) is 45.1 Å². The maximum atomic E-state index is 14.5. The number of aromatic nitrogens is 2.